The van der Waals surface area contributed by atoms with Gasteiger partial charge in [-0.05, 0) is 24.3 Å². The maximum absolute atomic E-state index is 12.6. The third-order valence-electron chi connectivity index (χ3n) is 4.08. The van der Waals surface area contributed by atoms with E-state index in [1.807, 2.05) is 0 Å². The largest absolute Gasteiger partial charge is 0.479 e. The van der Waals surface area contributed by atoms with Crippen LogP contribution in [0.3, 0.4) is 0 Å². The highest BCUT2D eigenvalue weighted by molar-refractivity contribution is 6.35. The van der Waals surface area contributed by atoms with Crippen LogP contribution in [-0.4, -0.2) is 31.4 Å². The minimum atomic E-state index is -0.387. The van der Waals surface area contributed by atoms with Gasteiger partial charge in [-0.3, -0.25) is 14.4 Å². The molecule has 0 unspecified atom stereocenters. The first-order valence-corrected chi connectivity index (χ1v) is 7.10. The molecule has 2 heterocycles. The number of likely N-dealkylation sites (N-methyl/N-ethyl adjacent to an activating group) is 1. The Morgan fingerprint density at radius 2 is 1.48 bits per heavy atom. The van der Waals surface area contributed by atoms with Gasteiger partial charge in [0.15, 0.2) is 12.4 Å². The number of hydrogen-bond donors (Lipinski definition) is 0. The number of hydrogen-bond acceptors (Lipinski definition) is 4. The fourth-order valence-corrected chi connectivity index (χ4v) is 2.87. The molecule has 0 aliphatic carbocycles. The summed E-state index contributed by atoms with van der Waals surface area (Å²) in [7, 11) is 1.63. The molecule has 0 atom stereocenters. The van der Waals surface area contributed by atoms with E-state index < -0.39 is 0 Å². The van der Waals surface area contributed by atoms with Crippen LogP contribution in [0, 0.1) is 0 Å². The highest BCUT2D eigenvalue weighted by Gasteiger charge is 2.39. The van der Waals surface area contributed by atoms with E-state index in [-0.39, 0.29) is 24.3 Å². The topological polar surface area (TPSA) is 66.9 Å². The summed E-state index contributed by atoms with van der Waals surface area (Å²) in [5.41, 5.74) is 1.63. The molecule has 0 fully saturated rings. The average molecular weight is 308 g/mol. The number of nitrogens with zero attached hydrogens (tertiary/aromatic N) is 2. The summed E-state index contributed by atoms with van der Waals surface area (Å²) in [6, 6.07) is 11.7. The van der Waals surface area contributed by atoms with E-state index in [0.29, 0.717) is 28.3 Å². The van der Waals surface area contributed by atoms with Gasteiger partial charge in [0, 0.05) is 7.05 Å². The second-order valence-corrected chi connectivity index (χ2v) is 5.36. The zero-order chi connectivity index (χ0) is 16.1. The predicted octanol–water partition coefficient (Wildman–Crippen LogP) is 1.84. The van der Waals surface area contributed by atoms with Crippen molar-refractivity contribution in [3.63, 3.8) is 0 Å². The molecule has 23 heavy (non-hydrogen) atoms. The van der Waals surface area contributed by atoms with Gasteiger partial charge in [-0.1, -0.05) is 18.2 Å². The van der Waals surface area contributed by atoms with Gasteiger partial charge in [0.25, 0.3) is 17.7 Å². The van der Waals surface area contributed by atoms with E-state index >= 15 is 0 Å². The van der Waals surface area contributed by atoms with Crippen molar-refractivity contribution in [2.45, 2.75) is 0 Å². The zero-order valence-electron chi connectivity index (χ0n) is 12.3. The number of anilines is 2. The van der Waals surface area contributed by atoms with E-state index in [1.54, 1.807) is 49.5 Å². The molecule has 6 nitrogen and oxygen atoms in total. The molecule has 3 amide bonds. The van der Waals surface area contributed by atoms with E-state index in [0.717, 1.165) is 4.90 Å². The van der Waals surface area contributed by atoms with Gasteiger partial charge in [-0.25, -0.2) is 4.90 Å². The number of amides is 3. The van der Waals surface area contributed by atoms with Crippen LogP contribution in [0.25, 0.3) is 0 Å². The molecule has 6 heteroatoms. The fourth-order valence-electron chi connectivity index (χ4n) is 2.87. The average Bonchev–Trinajstić information content (AvgIpc) is 2.82. The van der Waals surface area contributed by atoms with Gasteiger partial charge >= 0.3 is 0 Å². The number of para-hydroxylation sites is 1. The summed E-state index contributed by atoms with van der Waals surface area (Å²) in [5.74, 6) is -0.592. The number of rotatable bonds is 1. The summed E-state index contributed by atoms with van der Waals surface area (Å²) in [6.45, 7) is -0.121. The number of imide groups is 1. The number of carbonyl (C=O) groups excluding carboxylic acids is 3. The van der Waals surface area contributed by atoms with Crippen LogP contribution in [0.2, 0.25) is 0 Å². The monoisotopic (exact) mass is 308 g/mol. The van der Waals surface area contributed by atoms with Crippen LogP contribution in [0.4, 0.5) is 11.4 Å². The van der Waals surface area contributed by atoms with Crippen molar-refractivity contribution in [1.82, 2.24) is 0 Å². The molecule has 2 aliphatic heterocycles. The van der Waals surface area contributed by atoms with Crippen LogP contribution in [-0.2, 0) is 4.79 Å². The quantitative estimate of drug-likeness (QED) is 0.754. The predicted molar refractivity (Wildman–Crippen MR) is 82.9 cm³/mol. The Kier molecular flexibility index (Phi) is 2.74. The third-order valence-corrected chi connectivity index (χ3v) is 4.08. The van der Waals surface area contributed by atoms with Crippen LogP contribution < -0.4 is 14.5 Å². The molecule has 0 saturated carbocycles. The number of benzene rings is 2. The molecule has 0 radical (unpaired) electrons. The Bertz CT molecular complexity index is 840. The summed E-state index contributed by atoms with van der Waals surface area (Å²) in [4.78, 5) is 39.5. The van der Waals surface area contributed by atoms with Crippen LogP contribution in [0.1, 0.15) is 20.7 Å². The number of ether oxygens (including phenoxy) is 1. The maximum atomic E-state index is 12.6. The first kappa shape index (κ1) is 13.5. The van der Waals surface area contributed by atoms with Crippen molar-refractivity contribution in [3.8, 4) is 5.75 Å². The van der Waals surface area contributed by atoms with E-state index in [4.69, 9.17) is 4.74 Å². The maximum Gasteiger partial charge on any atom is 0.266 e. The lowest BCUT2D eigenvalue weighted by Gasteiger charge is -2.29. The van der Waals surface area contributed by atoms with Gasteiger partial charge in [0.1, 0.15) is 0 Å². The summed E-state index contributed by atoms with van der Waals surface area (Å²) in [5, 5.41) is 0. The van der Waals surface area contributed by atoms with E-state index in [2.05, 4.69) is 0 Å². The summed E-state index contributed by atoms with van der Waals surface area (Å²) >= 11 is 0. The molecule has 2 aliphatic rings. The molecule has 114 valence electrons. The first-order chi connectivity index (χ1) is 11.1. The Balaban J connectivity index is 1.86. The molecule has 0 aromatic heterocycles. The fraction of sp³-hybridized carbons (Fsp3) is 0.118. The first-order valence-electron chi connectivity index (χ1n) is 7.10. The molecule has 0 N–H and O–H groups in total. The lowest BCUT2D eigenvalue weighted by molar-refractivity contribution is -0.120. The van der Waals surface area contributed by atoms with Crippen LogP contribution in [0.5, 0.6) is 5.75 Å². The van der Waals surface area contributed by atoms with Gasteiger partial charge in [0.05, 0.1) is 22.5 Å². The Morgan fingerprint density at radius 1 is 0.870 bits per heavy atom. The Hall–Kier alpha value is -3.15. The Labute approximate surface area is 131 Å². The third kappa shape index (κ3) is 1.78. The molecule has 4 rings (SSSR count). The number of carbonyl (C=O) groups is 3. The highest BCUT2D eigenvalue weighted by Crippen LogP contribution is 2.42. The molecule has 0 saturated heterocycles. The number of fused-ring (bicyclic) bond motifs is 2. The SMILES string of the molecule is CN1C(=O)COc2c1cccc2N1C(=O)c2ccccc2C1=O. The standard InChI is InChI=1S/C17H12N2O4/c1-18-12-7-4-8-13(15(12)23-9-14(18)20)19-16(21)10-5-2-3-6-11(10)17(19)22/h2-8H,9H2,1H3. The van der Waals surface area contributed by atoms with Crippen LogP contribution in [0.15, 0.2) is 42.5 Å². The molecular weight excluding hydrogens is 296 g/mol. The van der Waals surface area contributed by atoms with Crippen molar-refractivity contribution >= 4 is 29.1 Å². The normalized spacial score (nSPS) is 16.3. The van der Waals surface area contributed by atoms with Crippen LogP contribution >= 0.6 is 0 Å². The smallest absolute Gasteiger partial charge is 0.266 e. The van der Waals surface area contributed by atoms with Crippen molar-refractivity contribution in [2.24, 2.45) is 0 Å². The van der Waals surface area contributed by atoms with E-state index in [1.165, 1.54) is 4.90 Å². The Morgan fingerprint density at radius 3 is 2.13 bits per heavy atom. The second-order valence-electron chi connectivity index (χ2n) is 5.36. The molecule has 2 aromatic rings. The minimum Gasteiger partial charge on any atom is -0.479 e. The van der Waals surface area contributed by atoms with Gasteiger partial charge in [-0.15, -0.1) is 0 Å². The van der Waals surface area contributed by atoms with Gasteiger partial charge in [0.2, 0.25) is 0 Å². The summed E-state index contributed by atoms with van der Waals surface area (Å²) in [6.07, 6.45) is 0. The minimum absolute atomic E-state index is 0.121. The highest BCUT2D eigenvalue weighted by atomic mass is 16.5. The molecule has 0 bridgehead atoms. The zero-order valence-corrected chi connectivity index (χ0v) is 12.3. The van der Waals surface area contributed by atoms with Crippen molar-refractivity contribution in [1.29, 1.82) is 0 Å². The summed E-state index contributed by atoms with van der Waals surface area (Å²) < 4.78 is 5.51. The molecule has 2 aromatic carbocycles. The lowest BCUT2D eigenvalue weighted by Crippen LogP contribution is -2.37. The van der Waals surface area contributed by atoms with E-state index in [9.17, 15) is 14.4 Å². The lowest BCUT2D eigenvalue weighted by atomic mass is 10.1. The van der Waals surface area contributed by atoms with Crippen molar-refractivity contribution < 1.29 is 19.1 Å². The molecule has 0 spiro atoms. The van der Waals surface area contributed by atoms with Gasteiger partial charge in [-0.2, -0.15) is 0 Å². The van der Waals surface area contributed by atoms with Gasteiger partial charge < -0.3 is 9.64 Å². The van der Waals surface area contributed by atoms with Crippen molar-refractivity contribution in [2.75, 3.05) is 23.5 Å². The second kappa shape index (κ2) is 4.67. The molecular formula is C17H12N2O4. The van der Waals surface area contributed by atoms with Crippen molar-refractivity contribution in [3.05, 3.63) is 53.6 Å².